The van der Waals surface area contributed by atoms with E-state index in [4.69, 9.17) is 9.47 Å². The summed E-state index contributed by atoms with van der Waals surface area (Å²) < 4.78 is 11.2. The summed E-state index contributed by atoms with van der Waals surface area (Å²) in [5, 5.41) is 3.84. The molecule has 1 N–H and O–H groups in total. The van der Waals surface area contributed by atoms with Crippen LogP contribution < -0.4 is 5.32 Å². The third-order valence-corrected chi connectivity index (χ3v) is 6.26. The zero-order chi connectivity index (χ0) is 16.7. The summed E-state index contributed by atoms with van der Waals surface area (Å²) in [5.74, 6) is 1.02. The van der Waals surface area contributed by atoms with Crippen molar-refractivity contribution in [3.05, 3.63) is 28.8 Å². The Labute approximate surface area is 143 Å². The molecule has 1 saturated carbocycles. The molecule has 0 spiro atoms. The summed E-state index contributed by atoms with van der Waals surface area (Å²) in [7, 11) is 1.44. The predicted octanol–water partition coefficient (Wildman–Crippen LogP) is 4.23. The smallest absolute Gasteiger partial charge is 0.338 e. The highest BCUT2D eigenvalue weighted by Gasteiger charge is 2.43. The number of nitrogens with one attached hydrogen (secondary N) is 1. The average molecular weight is 329 g/mol. The first-order chi connectivity index (χ1) is 11.7. The summed E-state index contributed by atoms with van der Waals surface area (Å²) in [6.07, 6.45) is 7.87. The van der Waals surface area contributed by atoms with Gasteiger partial charge in [-0.15, -0.1) is 0 Å². The Morgan fingerprint density at radius 3 is 2.75 bits per heavy atom. The molecule has 1 saturated heterocycles. The summed E-state index contributed by atoms with van der Waals surface area (Å²) in [4.78, 5) is 12.1. The average Bonchev–Trinajstić information content (AvgIpc) is 3.15. The molecule has 4 heteroatoms. The first-order valence-electron chi connectivity index (χ1n) is 9.30. The van der Waals surface area contributed by atoms with E-state index in [1.54, 1.807) is 0 Å². The Hall–Kier alpha value is -1.55. The van der Waals surface area contributed by atoms with Crippen molar-refractivity contribution in [2.75, 3.05) is 19.0 Å². The van der Waals surface area contributed by atoms with Crippen LogP contribution in [0.3, 0.4) is 0 Å². The van der Waals surface area contributed by atoms with Gasteiger partial charge >= 0.3 is 5.97 Å². The molecular weight excluding hydrogens is 302 g/mol. The van der Waals surface area contributed by atoms with Gasteiger partial charge in [-0.05, 0) is 50.2 Å². The quantitative estimate of drug-likeness (QED) is 0.825. The Bertz CT molecular complexity index is 636. The predicted molar refractivity (Wildman–Crippen MR) is 93.3 cm³/mol. The lowest BCUT2D eigenvalue weighted by atomic mass is 9.74. The fourth-order valence-corrected chi connectivity index (χ4v) is 5.04. The maximum absolute atomic E-state index is 12.1. The molecule has 0 aromatic heterocycles. The van der Waals surface area contributed by atoms with Crippen LogP contribution in [0.1, 0.15) is 66.1 Å². The van der Waals surface area contributed by atoms with Crippen LogP contribution in [0.25, 0.3) is 0 Å². The maximum atomic E-state index is 12.1. The van der Waals surface area contributed by atoms with Gasteiger partial charge in [-0.2, -0.15) is 0 Å². The van der Waals surface area contributed by atoms with Crippen molar-refractivity contribution in [1.82, 2.24) is 0 Å². The topological polar surface area (TPSA) is 47.6 Å². The lowest BCUT2D eigenvalue weighted by molar-refractivity contribution is -0.0437. The van der Waals surface area contributed by atoms with Gasteiger partial charge in [-0.1, -0.05) is 18.9 Å². The van der Waals surface area contributed by atoms with Crippen molar-refractivity contribution < 1.29 is 14.3 Å². The third kappa shape index (κ3) is 2.52. The molecule has 0 bridgehead atoms. The molecule has 1 aromatic carbocycles. The number of rotatable bonds is 2. The molecule has 4 rings (SSSR count). The van der Waals surface area contributed by atoms with E-state index in [1.807, 2.05) is 13.0 Å². The molecule has 1 aliphatic carbocycles. The van der Waals surface area contributed by atoms with E-state index in [9.17, 15) is 4.79 Å². The number of benzene rings is 1. The van der Waals surface area contributed by atoms with Crippen LogP contribution in [-0.4, -0.2) is 25.7 Å². The van der Waals surface area contributed by atoms with Crippen molar-refractivity contribution in [1.29, 1.82) is 0 Å². The van der Waals surface area contributed by atoms with E-state index >= 15 is 0 Å². The molecule has 3 aliphatic rings. The standard InChI is InChI=1S/C20H27NO3/c1-12-14(20(22)23-2)9-10-16-17(12)21-18(13-6-3-4-7-13)15-8-5-11-24-19(15)16/h9-10,13,15,18-19,21H,3-8,11H2,1-2H3/t15-,18+,19-/m0/s1. The Balaban J connectivity index is 1.76. The minimum Gasteiger partial charge on any atom is -0.465 e. The van der Waals surface area contributed by atoms with Gasteiger partial charge in [0.1, 0.15) is 0 Å². The largest absolute Gasteiger partial charge is 0.465 e. The number of esters is 1. The number of anilines is 1. The highest BCUT2D eigenvalue weighted by molar-refractivity contribution is 5.93. The van der Waals surface area contributed by atoms with E-state index in [-0.39, 0.29) is 12.1 Å². The third-order valence-electron chi connectivity index (χ3n) is 6.26. The molecule has 130 valence electrons. The summed E-state index contributed by atoms with van der Waals surface area (Å²) in [5.41, 5.74) is 3.98. The number of carbonyl (C=O) groups excluding carboxylic acids is 1. The lowest BCUT2D eigenvalue weighted by Crippen LogP contribution is -2.45. The van der Waals surface area contributed by atoms with E-state index in [1.165, 1.54) is 44.8 Å². The number of hydrogen-bond donors (Lipinski definition) is 1. The molecule has 2 heterocycles. The van der Waals surface area contributed by atoms with Crippen LogP contribution in [-0.2, 0) is 9.47 Å². The second-order valence-electron chi connectivity index (χ2n) is 7.51. The van der Waals surface area contributed by atoms with Gasteiger partial charge in [-0.25, -0.2) is 4.79 Å². The summed E-state index contributed by atoms with van der Waals surface area (Å²) >= 11 is 0. The van der Waals surface area contributed by atoms with Crippen molar-refractivity contribution >= 4 is 11.7 Å². The van der Waals surface area contributed by atoms with E-state index in [2.05, 4.69) is 11.4 Å². The molecule has 0 radical (unpaired) electrons. The van der Waals surface area contributed by atoms with Crippen LogP contribution in [0.15, 0.2) is 12.1 Å². The number of methoxy groups -OCH3 is 1. The molecule has 3 atom stereocenters. The molecule has 0 amide bonds. The maximum Gasteiger partial charge on any atom is 0.338 e. The van der Waals surface area contributed by atoms with Crippen LogP contribution in [0.5, 0.6) is 0 Å². The molecule has 2 fully saturated rings. The zero-order valence-corrected chi connectivity index (χ0v) is 14.6. The second-order valence-corrected chi connectivity index (χ2v) is 7.51. The fraction of sp³-hybridized carbons (Fsp3) is 0.650. The number of carbonyl (C=O) groups is 1. The molecule has 1 aromatic rings. The lowest BCUT2D eigenvalue weighted by Gasteiger charge is -2.46. The van der Waals surface area contributed by atoms with Gasteiger partial charge in [0.05, 0.1) is 18.8 Å². The summed E-state index contributed by atoms with van der Waals surface area (Å²) in [6.45, 7) is 2.86. The minimum atomic E-state index is -0.263. The second kappa shape index (κ2) is 6.40. The first-order valence-corrected chi connectivity index (χ1v) is 9.30. The van der Waals surface area contributed by atoms with Crippen molar-refractivity contribution in [2.24, 2.45) is 11.8 Å². The molecule has 0 unspecified atom stereocenters. The van der Waals surface area contributed by atoms with Gasteiger partial charge in [-0.3, -0.25) is 0 Å². The van der Waals surface area contributed by atoms with Crippen molar-refractivity contribution in [3.63, 3.8) is 0 Å². The Morgan fingerprint density at radius 2 is 2.00 bits per heavy atom. The van der Waals surface area contributed by atoms with Crippen LogP contribution >= 0.6 is 0 Å². The molecule has 2 aliphatic heterocycles. The van der Waals surface area contributed by atoms with Gasteiger partial charge in [0, 0.05) is 29.8 Å². The van der Waals surface area contributed by atoms with Crippen molar-refractivity contribution in [2.45, 2.75) is 57.6 Å². The van der Waals surface area contributed by atoms with Gasteiger partial charge in [0.2, 0.25) is 0 Å². The van der Waals surface area contributed by atoms with E-state index in [0.29, 0.717) is 17.5 Å². The number of hydrogen-bond acceptors (Lipinski definition) is 4. The summed E-state index contributed by atoms with van der Waals surface area (Å²) in [6, 6.07) is 4.43. The van der Waals surface area contributed by atoms with Gasteiger partial charge < -0.3 is 14.8 Å². The van der Waals surface area contributed by atoms with Crippen LogP contribution in [0.4, 0.5) is 5.69 Å². The monoisotopic (exact) mass is 329 g/mol. The highest BCUT2D eigenvalue weighted by Crippen LogP contribution is 2.49. The Kier molecular flexibility index (Phi) is 4.25. The van der Waals surface area contributed by atoms with Crippen LogP contribution in [0, 0.1) is 18.8 Å². The fourth-order valence-electron chi connectivity index (χ4n) is 5.04. The molecular formula is C20H27NO3. The first kappa shape index (κ1) is 15.9. The van der Waals surface area contributed by atoms with Crippen molar-refractivity contribution in [3.8, 4) is 0 Å². The van der Waals surface area contributed by atoms with E-state index < -0.39 is 0 Å². The normalized spacial score (nSPS) is 29.5. The minimum absolute atomic E-state index is 0.172. The SMILES string of the molecule is COC(=O)c1ccc2c(c1C)N[C@H](C1CCCC1)[C@@H]1CCCO[C@H]21. The highest BCUT2D eigenvalue weighted by atomic mass is 16.5. The number of fused-ring (bicyclic) bond motifs is 3. The van der Waals surface area contributed by atoms with Gasteiger partial charge in [0.25, 0.3) is 0 Å². The number of ether oxygens (including phenoxy) is 2. The van der Waals surface area contributed by atoms with E-state index in [0.717, 1.165) is 30.2 Å². The zero-order valence-electron chi connectivity index (χ0n) is 14.6. The van der Waals surface area contributed by atoms with Crippen LogP contribution in [0.2, 0.25) is 0 Å². The molecule has 4 nitrogen and oxygen atoms in total. The van der Waals surface area contributed by atoms with Gasteiger partial charge in [0.15, 0.2) is 0 Å². The molecule has 24 heavy (non-hydrogen) atoms. The Morgan fingerprint density at radius 1 is 1.21 bits per heavy atom.